The standard InChI is InChI=1S/C16H24N2O4S/c1-13(2)12-23(20,21)17-15-5-3-14(4-6-15)11-16(19)18-7-9-22-10-8-18/h3-6,13,17H,7-12H2,1-2H3. The van der Waals surface area contributed by atoms with E-state index in [1.54, 1.807) is 29.2 Å². The van der Waals surface area contributed by atoms with Crippen molar-refractivity contribution in [2.45, 2.75) is 20.3 Å². The van der Waals surface area contributed by atoms with Crippen molar-refractivity contribution in [2.75, 3.05) is 36.8 Å². The molecular formula is C16H24N2O4S. The lowest BCUT2D eigenvalue weighted by Crippen LogP contribution is -2.41. The Morgan fingerprint density at radius 1 is 1.22 bits per heavy atom. The summed E-state index contributed by atoms with van der Waals surface area (Å²) in [6.07, 6.45) is 0.318. The number of ether oxygens (including phenoxy) is 1. The van der Waals surface area contributed by atoms with E-state index in [1.807, 2.05) is 13.8 Å². The lowest BCUT2D eigenvalue weighted by Gasteiger charge is -2.26. The lowest BCUT2D eigenvalue weighted by molar-refractivity contribution is -0.134. The predicted molar refractivity (Wildman–Crippen MR) is 89.8 cm³/mol. The molecule has 1 saturated heterocycles. The van der Waals surface area contributed by atoms with Gasteiger partial charge in [-0.1, -0.05) is 26.0 Å². The number of nitrogens with zero attached hydrogens (tertiary/aromatic N) is 1. The average Bonchev–Trinajstić information content (AvgIpc) is 2.48. The summed E-state index contributed by atoms with van der Waals surface area (Å²) >= 11 is 0. The van der Waals surface area contributed by atoms with Crippen LogP contribution in [0.3, 0.4) is 0 Å². The second kappa shape index (κ2) is 7.79. The second-order valence-corrected chi connectivity index (χ2v) is 7.91. The van der Waals surface area contributed by atoms with E-state index < -0.39 is 10.0 Å². The second-order valence-electron chi connectivity index (χ2n) is 6.14. The van der Waals surface area contributed by atoms with Gasteiger partial charge in [-0.25, -0.2) is 8.42 Å². The third-order valence-corrected chi connectivity index (χ3v) is 5.15. The molecule has 1 aromatic rings. The van der Waals surface area contributed by atoms with Gasteiger partial charge < -0.3 is 9.64 Å². The minimum absolute atomic E-state index is 0.0675. The first-order valence-electron chi connectivity index (χ1n) is 7.81. The van der Waals surface area contributed by atoms with Crippen LogP contribution in [-0.4, -0.2) is 51.3 Å². The fourth-order valence-electron chi connectivity index (χ4n) is 2.45. The summed E-state index contributed by atoms with van der Waals surface area (Å²) in [4.78, 5) is 14.0. The molecule has 0 aliphatic carbocycles. The molecule has 7 heteroatoms. The van der Waals surface area contributed by atoms with Crippen molar-refractivity contribution in [3.8, 4) is 0 Å². The van der Waals surface area contributed by atoms with Crippen molar-refractivity contribution in [3.05, 3.63) is 29.8 Å². The molecule has 6 nitrogen and oxygen atoms in total. The maximum absolute atomic E-state index is 12.2. The summed E-state index contributed by atoms with van der Waals surface area (Å²) in [6, 6.07) is 6.96. The van der Waals surface area contributed by atoms with Crippen LogP contribution in [-0.2, 0) is 26.0 Å². The number of hydrogen-bond donors (Lipinski definition) is 1. The van der Waals surface area contributed by atoms with Gasteiger partial charge in [0.05, 0.1) is 25.4 Å². The van der Waals surface area contributed by atoms with Crippen molar-refractivity contribution in [1.82, 2.24) is 4.90 Å². The van der Waals surface area contributed by atoms with E-state index in [9.17, 15) is 13.2 Å². The zero-order valence-electron chi connectivity index (χ0n) is 13.6. The molecule has 0 aromatic heterocycles. The number of hydrogen-bond acceptors (Lipinski definition) is 4. The van der Waals surface area contributed by atoms with E-state index in [-0.39, 0.29) is 17.6 Å². The molecule has 0 atom stereocenters. The van der Waals surface area contributed by atoms with Gasteiger partial charge in [0.15, 0.2) is 0 Å². The molecule has 1 N–H and O–H groups in total. The van der Waals surface area contributed by atoms with Crippen LogP contribution in [0.2, 0.25) is 0 Å². The highest BCUT2D eigenvalue weighted by Crippen LogP contribution is 2.14. The molecule has 0 bridgehead atoms. The molecule has 128 valence electrons. The number of carbonyl (C=O) groups excluding carboxylic acids is 1. The molecular weight excluding hydrogens is 316 g/mol. The largest absolute Gasteiger partial charge is 0.378 e. The summed E-state index contributed by atoms with van der Waals surface area (Å²) in [6.45, 7) is 6.15. The van der Waals surface area contributed by atoms with Gasteiger partial charge in [0, 0.05) is 18.8 Å². The van der Waals surface area contributed by atoms with Crippen LogP contribution in [0.5, 0.6) is 0 Å². The van der Waals surface area contributed by atoms with Gasteiger partial charge in [-0.3, -0.25) is 9.52 Å². The topological polar surface area (TPSA) is 75.7 Å². The summed E-state index contributed by atoms with van der Waals surface area (Å²) in [5, 5.41) is 0. The van der Waals surface area contributed by atoms with Crippen molar-refractivity contribution in [3.63, 3.8) is 0 Å². The number of anilines is 1. The molecule has 2 rings (SSSR count). The van der Waals surface area contributed by atoms with Gasteiger partial charge in [-0.05, 0) is 23.6 Å². The maximum Gasteiger partial charge on any atom is 0.232 e. The fraction of sp³-hybridized carbons (Fsp3) is 0.562. The molecule has 1 aliphatic heterocycles. The molecule has 1 heterocycles. The number of benzene rings is 1. The zero-order valence-corrected chi connectivity index (χ0v) is 14.4. The molecule has 0 saturated carbocycles. The number of morpholine rings is 1. The summed E-state index contributed by atoms with van der Waals surface area (Å²) in [7, 11) is -3.33. The normalized spacial score (nSPS) is 15.7. The number of carbonyl (C=O) groups is 1. The Labute approximate surface area is 137 Å². The summed E-state index contributed by atoms with van der Waals surface area (Å²) in [5.41, 5.74) is 1.39. The van der Waals surface area contributed by atoms with Crippen molar-refractivity contribution >= 4 is 21.6 Å². The minimum atomic E-state index is -3.33. The highest BCUT2D eigenvalue weighted by molar-refractivity contribution is 7.92. The lowest BCUT2D eigenvalue weighted by atomic mass is 10.1. The van der Waals surface area contributed by atoms with Crippen LogP contribution < -0.4 is 4.72 Å². The third-order valence-electron chi connectivity index (χ3n) is 3.50. The van der Waals surface area contributed by atoms with Crippen LogP contribution in [0.1, 0.15) is 19.4 Å². The van der Waals surface area contributed by atoms with Crippen molar-refractivity contribution in [1.29, 1.82) is 0 Å². The van der Waals surface area contributed by atoms with E-state index in [4.69, 9.17) is 4.74 Å². The molecule has 1 aliphatic rings. The van der Waals surface area contributed by atoms with Crippen LogP contribution in [0.15, 0.2) is 24.3 Å². The van der Waals surface area contributed by atoms with E-state index >= 15 is 0 Å². The minimum Gasteiger partial charge on any atom is -0.378 e. The van der Waals surface area contributed by atoms with E-state index in [0.717, 1.165) is 5.56 Å². The van der Waals surface area contributed by atoms with Crippen LogP contribution in [0, 0.1) is 5.92 Å². The Kier molecular flexibility index (Phi) is 6.01. The van der Waals surface area contributed by atoms with E-state index in [2.05, 4.69) is 4.72 Å². The van der Waals surface area contributed by atoms with Gasteiger partial charge >= 0.3 is 0 Å². The third kappa shape index (κ3) is 5.84. The Morgan fingerprint density at radius 2 is 1.83 bits per heavy atom. The predicted octanol–water partition coefficient (Wildman–Crippen LogP) is 1.49. The Hall–Kier alpha value is -1.60. The first-order valence-corrected chi connectivity index (χ1v) is 9.46. The van der Waals surface area contributed by atoms with Gasteiger partial charge in [0.25, 0.3) is 0 Å². The number of amides is 1. The monoisotopic (exact) mass is 340 g/mol. The molecule has 0 spiro atoms. The molecule has 1 aromatic carbocycles. The number of sulfonamides is 1. The molecule has 23 heavy (non-hydrogen) atoms. The maximum atomic E-state index is 12.2. The quantitative estimate of drug-likeness (QED) is 0.851. The fourth-order valence-corrected chi connectivity index (χ4v) is 3.91. The van der Waals surface area contributed by atoms with Crippen molar-refractivity contribution in [2.24, 2.45) is 5.92 Å². The smallest absolute Gasteiger partial charge is 0.232 e. The SMILES string of the molecule is CC(C)CS(=O)(=O)Nc1ccc(CC(=O)N2CCOCC2)cc1. The molecule has 0 unspecified atom stereocenters. The first kappa shape index (κ1) is 17.7. The van der Waals surface area contributed by atoms with Gasteiger partial charge in [-0.2, -0.15) is 0 Å². The van der Waals surface area contributed by atoms with Crippen molar-refractivity contribution < 1.29 is 17.9 Å². The Morgan fingerprint density at radius 3 is 2.39 bits per heavy atom. The summed E-state index contributed by atoms with van der Waals surface area (Å²) in [5.74, 6) is 0.226. The number of rotatable bonds is 6. The molecule has 1 fully saturated rings. The molecule has 1 amide bonds. The van der Waals surface area contributed by atoms with Gasteiger partial charge in [0.1, 0.15) is 0 Å². The van der Waals surface area contributed by atoms with Gasteiger partial charge in [-0.15, -0.1) is 0 Å². The van der Waals surface area contributed by atoms with Crippen LogP contribution in [0.25, 0.3) is 0 Å². The molecule has 0 radical (unpaired) electrons. The van der Waals surface area contributed by atoms with Crippen LogP contribution in [0.4, 0.5) is 5.69 Å². The van der Waals surface area contributed by atoms with Gasteiger partial charge in [0.2, 0.25) is 15.9 Å². The van der Waals surface area contributed by atoms with E-state index in [1.165, 1.54) is 0 Å². The highest BCUT2D eigenvalue weighted by Gasteiger charge is 2.17. The Balaban J connectivity index is 1.92. The first-order chi connectivity index (χ1) is 10.9. The average molecular weight is 340 g/mol. The number of nitrogens with one attached hydrogen (secondary N) is 1. The zero-order chi connectivity index (χ0) is 16.9. The van der Waals surface area contributed by atoms with E-state index in [0.29, 0.717) is 38.4 Å². The van der Waals surface area contributed by atoms with Crippen LogP contribution >= 0.6 is 0 Å². The summed E-state index contributed by atoms with van der Waals surface area (Å²) < 4.78 is 31.6. The highest BCUT2D eigenvalue weighted by atomic mass is 32.2. The Bertz CT molecular complexity index is 620.